The van der Waals surface area contributed by atoms with E-state index in [4.69, 9.17) is 0 Å². The van der Waals surface area contributed by atoms with Crippen LogP contribution in [-0.4, -0.2) is 16.2 Å². The average Bonchev–Trinajstić information content (AvgIpc) is 1.95. The van der Waals surface area contributed by atoms with E-state index in [0.29, 0.717) is 0 Å². The molecule has 58 valence electrons. The third-order valence-electron chi connectivity index (χ3n) is 1.34. The van der Waals surface area contributed by atoms with Crippen LogP contribution in [0.25, 0.3) is 0 Å². The first-order valence-electron chi connectivity index (χ1n) is 3.53. The molecule has 0 aliphatic rings. The first-order valence-corrected chi connectivity index (χ1v) is 3.53. The Bertz CT molecular complexity index is 279. The largest absolute Gasteiger partial charge is 0.258 e. The van der Waals surface area contributed by atoms with E-state index in [0.717, 1.165) is 17.2 Å². The van der Waals surface area contributed by atoms with Crippen molar-refractivity contribution in [1.29, 1.82) is 0 Å². The van der Waals surface area contributed by atoms with Gasteiger partial charge in [0.05, 0.1) is 11.9 Å². The minimum absolute atomic E-state index is 0.789. The standard InChI is InChI=1S/C8H11N3/c1-4-9-8-5-10-7(3)11-6(8)2/h4-5H,1-3H3/b9-4-. The molecular weight excluding hydrogens is 138 g/mol. The monoisotopic (exact) mass is 149 g/mol. The van der Waals surface area contributed by atoms with Crippen LogP contribution in [0.3, 0.4) is 0 Å². The van der Waals surface area contributed by atoms with Crippen LogP contribution in [0.15, 0.2) is 11.2 Å². The second-order valence-electron chi connectivity index (χ2n) is 2.28. The molecule has 3 heteroatoms. The number of aliphatic imine (C=N–C) groups is 1. The Morgan fingerprint density at radius 2 is 2.18 bits per heavy atom. The van der Waals surface area contributed by atoms with Crippen molar-refractivity contribution in [3.05, 3.63) is 17.7 Å². The van der Waals surface area contributed by atoms with Crippen molar-refractivity contribution in [2.75, 3.05) is 0 Å². The summed E-state index contributed by atoms with van der Waals surface area (Å²) in [5, 5.41) is 0. The summed E-state index contributed by atoms with van der Waals surface area (Å²) in [4.78, 5) is 12.3. The lowest BCUT2D eigenvalue weighted by Gasteiger charge is -1.97. The molecule has 11 heavy (non-hydrogen) atoms. The van der Waals surface area contributed by atoms with Crippen LogP contribution >= 0.6 is 0 Å². The van der Waals surface area contributed by atoms with Crippen molar-refractivity contribution in [1.82, 2.24) is 9.97 Å². The number of nitrogens with zero attached hydrogens (tertiary/aromatic N) is 3. The number of hydrogen-bond acceptors (Lipinski definition) is 3. The van der Waals surface area contributed by atoms with Gasteiger partial charge in [0.1, 0.15) is 11.5 Å². The normalized spacial score (nSPS) is 10.8. The van der Waals surface area contributed by atoms with E-state index in [1.165, 1.54) is 0 Å². The van der Waals surface area contributed by atoms with Crippen LogP contribution in [0.5, 0.6) is 0 Å². The fraction of sp³-hybridized carbons (Fsp3) is 0.375. The van der Waals surface area contributed by atoms with Gasteiger partial charge in [-0.3, -0.25) is 4.99 Å². The van der Waals surface area contributed by atoms with Crippen molar-refractivity contribution in [2.24, 2.45) is 4.99 Å². The fourth-order valence-corrected chi connectivity index (χ4v) is 0.843. The highest BCUT2D eigenvalue weighted by Crippen LogP contribution is 2.12. The Morgan fingerprint density at radius 3 is 2.73 bits per heavy atom. The van der Waals surface area contributed by atoms with Gasteiger partial charge in [-0.15, -0.1) is 0 Å². The maximum absolute atomic E-state index is 4.17. The van der Waals surface area contributed by atoms with Gasteiger partial charge in [-0.2, -0.15) is 0 Å². The highest BCUT2D eigenvalue weighted by Gasteiger charge is 1.96. The molecule has 0 N–H and O–H groups in total. The maximum Gasteiger partial charge on any atom is 0.125 e. The van der Waals surface area contributed by atoms with E-state index in [9.17, 15) is 0 Å². The van der Waals surface area contributed by atoms with Crippen molar-refractivity contribution in [2.45, 2.75) is 20.8 Å². The highest BCUT2D eigenvalue weighted by molar-refractivity contribution is 5.60. The van der Waals surface area contributed by atoms with Crippen LogP contribution in [-0.2, 0) is 0 Å². The Hall–Kier alpha value is -1.25. The molecule has 1 heterocycles. The molecule has 0 amide bonds. The van der Waals surface area contributed by atoms with E-state index >= 15 is 0 Å². The molecular formula is C8H11N3. The summed E-state index contributed by atoms with van der Waals surface area (Å²) < 4.78 is 0. The van der Waals surface area contributed by atoms with Gasteiger partial charge >= 0.3 is 0 Å². The first-order chi connectivity index (χ1) is 5.24. The zero-order chi connectivity index (χ0) is 8.27. The van der Waals surface area contributed by atoms with Crippen LogP contribution in [0.1, 0.15) is 18.4 Å². The molecule has 0 bridgehead atoms. The second kappa shape index (κ2) is 3.23. The Kier molecular flexibility index (Phi) is 2.31. The van der Waals surface area contributed by atoms with Gasteiger partial charge in [-0.1, -0.05) is 0 Å². The zero-order valence-corrected chi connectivity index (χ0v) is 7.00. The van der Waals surface area contributed by atoms with E-state index in [1.807, 2.05) is 20.8 Å². The van der Waals surface area contributed by atoms with Gasteiger partial charge in [-0.05, 0) is 20.8 Å². The molecule has 0 aliphatic carbocycles. The SMILES string of the molecule is C/C=N\c1cnc(C)nc1C. The van der Waals surface area contributed by atoms with Crippen LogP contribution in [0, 0.1) is 13.8 Å². The molecule has 0 aromatic carbocycles. The Balaban J connectivity index is 3.09. The second-order valence-corrected chi connectivity index (χ2v) is 2.28. The van der Waals surface area contributed by atoms with Gasteiger partial charge in [0.15, 0.2) is 0 Å². The van der Waals surface area contributed by atoms with E-state index in [-0.39, 0.29) is 0 Å². The van der Waals surface area contributed by atoms with Gasteiger partial charge in [0.25, 0.3) is 0 Å². The smallest absolute Gasteiger partial charge is 0.125 e. The lowest BCUT2D eigenvalue weighted by molar-refractivity contribution is 1.01. The summed E-state index contributed by atoms with van der Waals surface area (Å²) in [6, 6.07) is 0. The summed E-state index contributed by atoms with van der Waals surface area (Å²) in [5.41, 5.74) is 1.77. The van der Waals surface area contributed by atoms with Gasteiger partial charge < -0.3 is 0 Å². The number of hydrogen-bond donors (Lipinski definition) is 0. The quantitative estimate of drug-likeness (QED) is 0.571. The molecule has 0 aliphatic heterocycles. The summed E-state index contributed by atoms with van der Waals surface area (Å²) >= 11 is 0. The topological polar surface area (TPSA) is 38.1 Å². The van der Waals surface area contributed by atoms with Crippen LogP contribution in [0.4, 0.5) is 5.69 Å². The Labute approximate surface area is 66.2 Å². The number of aryl methyl sites for hydroxylation is 2. The summed E-state index contributed by atoms with van der Waals surface area (Å²) in [5.74, 6) is 0.789. The molecule has 0 unspecified atom stereocenters. The van der Waals surface area contributed by atoms with Gasteiger partial charge in [0, 0.05) is 6.21 Å². The zero-order valence-electron chi connectivity index (χ0n) is 7.00. The Morgan fingerprint density at radius 1 is 1.45 bits per heavy atom. The molecule has 0 radical (unpaired) electrons. The van der Waals surface area contributed by atoms with Crippen molar-refractivity contribution in [3.63, 3.8) is 0 Å². The van der Waals surface area contributed by atoms with Gasteiger partial charge in [0.2, 0.25) is 0 Å². The summed E-state index contributed by atoms with van der Waals surface area (Å²) in [7, 11) is 0. The lowest BCUT2D eigenvalue weighted by atomic mass is 10.4. The van der Waals surface area contributed by atoms with Crippen LogP contribution < -0.4 is 0 Å². The summed E-state index contributed by atoms with van der Waals surface area (Å²) in [6.45, 7) is 5.67. The molecule has 1 rings (SSSR count). The number of rotatable bonds is 1. The minimum Gasteiger partial charge on any atom is -0.258 e. The molecule has 0 saturated heterocycles. The molecule has 0 fully saturated rings. The number of aromatic nitrogens is 2. The average molecular weight is 149 g/mol. The van der Waals surface area contributed by atoms with E-state index in [2.05, 4.69) is 15.0 Å². The van der Waals surface area contributed by atoms with Crippen molar-refractivity contribution in [3.8, 4) is 0 Å². The highest BCUT2D eigenvalue weighted by atomic mass is 14.9. The third kappa shape index (κ3) is 1.83. The molecule has 1 aromatic heterocycles. The van der Waals surface area contributed by atoms with E-state index < -0.39 is 0 Å². The predicted octanol–water partition coefficient (Wildman–Crippen LogP) is 1.82. The third-order valence-corrected chi connectivity index (χ3v) is 1.34. The first kappa shape index (κ1) is 7.85. The van der Waals surface area contributed by atoms with Crippen LogP contribution in [0.2, 0.25) is 0 Å². The molecule has 3 nitrogen and oxygen atoms in total. The lowest BCUT2D eigenvalue weighted by Crippen LogP contribution is -1.89. The van der Waals surface area contributed by atoms with Crippen molar-refractivity contribution >= 4 is 11.9 Å². The minimum atomic E-state index is 0.789. The fourth-order valence-electron chi connectivity index (χ4n) is 0.843. The summed E-state index contributed by atoms with van der Waals surface area (Å²) in [6.07, 6.45) is 3.47. The molecule has 0 spiro atoms. The van der Waals surface area contributed by atoms with E-state index in [1.54, 1.807) is 12.4 Å². The van der Waals surface area contributed by atoms with Crippen molar-refractivity contribution < 1.29 is 0 Å². The molecule has 0 atom stereocenters. The predicted molar refractivity (Wildman–Crippen MR) is 45.3 cm³/mol. The molecule has 1 aromatic rings. The molecule has 0 saturated carbocycles. The van der Waals surface area contributed by atoms with Gasteiger partial charge in [-0.25, -0.2) is 9.97 Å². The maximum atomic E-state index is 4.17.